The van der Waals surface area contributed by atoms with Crippen LogP contribution < -0.4 is 4.90 Å². The van der Waals surface area contributed by atoms with Gasteiger partial charge in [-0.2, -0.15) is 0 Å². The molecule has 0 fully saturated rings. The first kappa shape index (κ1) is 20.4. The predicted octanol–water partition coefficient (Wildman–Crippen LogP) is 4.66. The van der Waals surface area contributed by atoms with Gasteiger partial charge in [0.05, 0.1) is 11.1 Å². The molecule has 0 N–H and O–H groups in total. The minimum atomic E-state index is -0.352. The largest absolute Gasteiger partial charge is 0.302 e. The fraction of sp³-hybridized carbons (Fsp3) is 0.364. The summed E-state index contributed by atoms with van der Waals surface area (Å²) in [6.45, 7) is 9.36. The Morgan fingerprint density at radius 3 is 2.54 bits per heavy atom. The summed E-state index contributed by atoms with van der Waals surface area (Å²) in [5, 5.41) is 0.560. The molecule has 0 saturated heterocycles. The highest BCUT2D eigenvalue weighted by Crippen LogP contribution is 2.30. The number of anilines is 1. The number of para-hydroxylation sites is 1. The van der Waals surface area contributed by atoms with Crippen molar-refractivity contribution in [3.05, 3.63) is 59.4 Å². The van der Waals surface area contributed by atoms with Crippen molar-refractivity contribution in [2.45, 2.75) is 27.2 Å². The highest BCUT2D eigenvalue weighted by molar-refractivity contribution is 7.22. The molecule has 0 aliphatic carbocycles. The summed E-state index contributed by atoms with van der Waals surface area (Å²) in [7, 11) is 0. The molecule has 1 amide bonds. The van der Waals surface area contributed by atoms with Crippen LogP contribution in [0.2, 0.25) is 0 Å². The van der Waals surface area contributed by atoms with E-state index in [0.29, 0.717) is 23.6 Å². The maximum absolute atomic E-state index is 14.1. The zero-order chi connectivity index (χ0) is 20.1. The number of halogens is 1. The van der Waals surface area contributed by atoms with Crippen molar-refractivity contribution in [1.29, 1.82) is 0 Å². The Balaban J connectivity index is 1.88. The lowest BCUT2D eigenvalue weighted by atomic mass is 10.1. The summed E-state index contributed by atoms with van der Waals surface area (Å²) in [6, 6.07) is 12.9. The van der Waals surface area contributed by atoms with Crippen LogP contribution in [0.3, 0.4) is 0 Å². The number of rotatable bonds is 8. The van der Waals surface area contributed by atoms with Crippen LogP contribution in [0.5, 0.6) is 0 Å². The molecule has 3 aromatic rings. The smallest absolute Gasteiger partial charge is 0.233 e. The van der Waals surface area contributed by atoms with Gasteiger partial charge in [-0.15, -0.1) is 0 Å². The third kappa shape index (κ3) is 4.75. The van der Waals surface area contributed by atoms with Crippen LogP contribution >= 0.6 is 11.3 Å². The van der Waals surface area contributed by atoms with Gasteiger partial charge in [0.1, 0.15) is 11.3 Å². The summed E-state index contributed by atoms with van der Waals surface area (Å²) >= 11 is 1.36. The van der Waals surface area contributed by atoms with E-state index in [4.69, 9.17) is 0 Å². The fourth-order valence-corrected chi connectivity index (χ4v) is 4.24. The standard InChI is InChI=1S/C22H26FN3OS/c1-4-25(5-2)12-13-26(20(27)15-17-9-6-8-16(3)14-17)22-24-21-18(23)10-7-11-19(21)28-22/h6-11,14H,4-5,12-13,15H2,1-3H3. The van der Waals surface area contributed by atoms with Crippen molar-refractivity contribution >= 4 is 32.6 Å². The average molecular weight is 400 g/mol. The van der Waals surface area contributed by atoms with Gasteiger partial charge in [-0.05, 0) is 37.7 Å². The summed E-state index contributed by atoms with van der Waals surface area (Å²) < 4.78 is 14.9. The minimum Gasteiger partial charge on any atom is -0.302 e. The lowest BCUT2D eigenvalue weighted by molar-refractivity contribution is -0.118. The third-order valence-electron chi connectivity index (χ3n) is 4.86. The highest BCUT2D eigenvalue weighted by atomic mass is 32.1. The molecule has 1 heterocycles. The Kier molecular flexibility index (Phi) is 6.75. The number of aromatic nitrogens is 1. The minimum absolute atomic E-state index is 0.0165. The van der Waals surface area contributed by atoms with E-state index in [-0.39, 0.29) is 11.7 Å². The van der Waals surface area contributed by atoms with E-state index in [9.17, 15) is 9.18 Å². The quantitative estimate of drug-likeness (QED) is 0.553. The van der Waals surface area contributed by atoms with Crippen LogP contribution in [0.25, 0.3) is 10.2 Å². The number of fused-ring (bicyclic) bond motifs is 1. The van der Waals surface area contributed by atoms with Crippen LogP contribution in [0.1, 0.15) is 25.0 Å². The topological polar surface area (TPSA) is 36.4 Å². The van der Waals surface area contributed by atoms with E-state index in [1.807, 2.05) is 37.3 Å². The average Bonchev–Trinajstić information content (AvgIpc) is 3.10. The van der Waals surface area contributed by atoms with Gasteiger partial charge < -0.3 is 4.90 Å². The molecule has 148 valence electrons. The number of carbonyl (C=O) groups is 1. The first-order chi connectivity index (χ1) is 13.5. The molecule has 2 aromatic carbocycles. The second-order valence-corrected chi connectivity index (χ2v) is 7.83. The summed E-state index contributed by atoms with van der Waals surface area (Å²) in [4.78, 5) is 21.6. The van der Waals surface area contributed by atoms with Crippen LogP contribution in [-0.4, -0.2) is 42.0 Å². The lowest BCUT2D eigenvalue weighted by Crippen LogP contribution is -2.39. The molecular formula is C22H26FN3OS. The van der Waals surface area contributed by atoms with Crippen molar-refractivity contribution in [3.8, 4) is 0 Å². The van der Waals surface area contributed by atoms with E-state index in [1.54, 1.807) is 11.0 Å². The van der Waals surface area contributed by atoms with Crippen LogP contribution in [0.15, 0.2) is 42.5 Å². The molecule has 6 heteroatoms. The highest BCUT2D eigenvalue weighted by Gasteiger charge is 2.21. The zero-order valence-electron chi connectivity index (χ0n) is 16.6. The number of hydrogen-bond donors (Lipinski definition) is 0. The number of benzene rings is 2. The first-order valence-corrected chi connectivity index (χ1v) is 10.5. The Labute approximate surface area is 169 Å². The molecule has 28 heavy (non-hydrogen) atoms. The molecule has 3 rings (SSSR count). The van der Waals surface area contributed by atoms with Crippen molar-refractivity contribution in [2.75, 3.05) is 31.1 Å². The molecule has 0 spiro atoms. The molecule has 1 aromatic heterocycles. The molecule has 0 bridgehead atoms. The molecule has 4 nitrogen and oxygen atoms in total. The second kappa shape index (κ2) is 9.26. The van der Waals surface area contributed by atoms with Crippen molar-refractivity contribution < 1.29 is 9.18 Å². The van der Waals surface area contributed by atoms with E-state index >= 15 is 0 Å². The van der Waals surface area contributed by atoms with Gasteiger partial charge >= 0.3 is 0 Å². The van der Waals surface area contributed by atoms with Crippen molar-refractivity contribution in [3.63, 3.8) is 0 Å². The van der Waals surface area contributed by atoms with Crippen LogP contribution in [0.4, 0.5) is 9.52 Å². The van der Waals surface area contributed by atoms with Gasteiger partial charge in [-0.1, -0.05) is 61.1 Å². The lowest BCUT2D eigenvalue weighted by Gasteiger charge is -2.24. The number of nitrogens with zero attached hydrogens (tertiary/aromatic N) is 3. The Hall–Kier alpha value is -2.31. The maximum Gasteiger partial charge on any atom is 0.233 e. The third-order valence-corrected chi connectivity index (χ3v) is 5.91. The van der Waals surface area contributed by atoms with Gasteiger partial charge in [-0.3, -0.25) is 9.69 Å². The normalized spacial score (nSPS) is 11.3. The van der Waals surface area contributed by atoms with E-state index in [2.05, 4.69) is 23.7 Å². The molecule has 0 radical (unpaired) electrons. The molecule has 0 aliphatic rings. The molecule has 0 unspecified atom stereocenters. The monoisotopic (exact) mass is 399 g/mol. The van der Waals surface area contributed by atoms with Crippen LogP contribution in [0, 0.1) is 12.7 Å². The van der Waals surface area contributed by atoms with Gasteiger partial charge in [0.15, 0.2) is 5.13 Å². The Morgan fingerprint density at radius 1 is 1.11 bits per heavy atom. The second-order valence-electron chi connectivity index (χ2n) is 6.82. The number of likely N-dealkylation sites (N-methyl/N-ethyl adjacent to an activating group) is 1. The van der Waals surface area contributed by atoms with Gasteiger partial charge in [0, 0.05) is 13.1 Å². The zero-order valence-corrected chi connectivity index (χ0v) is 17.4. The number of aryl methyl sites for hydroxylation is 1. The van der Waals surface area contributed by atoms with Gasteiger partial charge in [-0.25, -0.2) is 9.37 Å². The Morgan fingerprint density at radius 2 is 1.86 bits per heavy atom. The number of thiazole rings is 1. The summed E-state index contributed by atoms with van der Waals surface area (Å²) in [6.07, 6.45) is 0.304. The molecule has 0 saturated carbocycles. The predicted molar refractivity (Wildman–Crippen MR) is 115 cm³/mol. The van der Waals surface area contributed by atoms with E-state index in [0.717, 1.165) is 35.5 Å². The molecule has 0 aliphatic heterocycles. The van der Waals surface area contributed by atoms with Crippen molar-refractivity contribution in [2.24, 2.45) is 0 Å². The van der Waals surface area contributed by atoms with E-state index in [1.165, 1.54) is 17.4 Å². The Bertz CT molecular complexity index is 952. The first-order valence-electron chi connectivity index (χ1n) is 9.65. The van der Waals surface area contributed by atoms with Crippen LogP contribution in [-0.2, 0) is 11.2 Å². The molecule has 0 atom stereocenters. The van der Waals surface area contributed by atoms with E-state index < -0.39 is 0 Å². The number of hydrogen-bond acceptors (Lipinski definition) is 4. The SMILES string of the molecule is CCN(CC)CCN(C(=O)Cc1cccc(C)c1)c1nc2c(F)cccc2s1. The number of amides is 1. The molecular weight excluding hydrogens is 373 g/mol. The fourth-order valence-electron chi connectivity index (χ4n) is 3.22. The number of carbonyl (C=O) groups excluding carboxylic acids is 1. The van der Waals surface area contributed by atoms with Crippen molar-refractivity contribution in [1.82, 2.24) is 9.88 Å². The van der Waals surface area contributed by atoms with Gasteiger partial charge in [0.2, 0.25) is 5.91 Å². The summed E-state index contributed by atoms with van der Waals surface area (Å²) in [5.41, 5.74) is 2.44. The maximum atomic E-state index is 14.1. The summed E-state index contributed by atoms with van der Waals surface area (Å²) in [5.74, 6) is -0.368. The van der Waals surface area contributed by atoms with Gasteiger partial charge in [0.25, 0.3) is 0 Å².